The Morgan fingerprint density at radius 1 is 1.14 bits per heavy atom. The summed E-state index contributed by atoms with van der Waals surface area (Å²) in [4.78, 5) is 24.9. The van der Waals surface area contributed by atoms with E-state index in [9.17, 15) is 4.79 Å². The highest BCUT2D eigenvalue weighted by molar-refractivity contribution is 5.91. The van der Waals surface area contributed by atoms with E-state index in [0.29, 0.717) is 12.1 Å². The molecule has 0 unspecified atom stereocenters. The predicted octanol–water partition coefficient (Wildman–Crippen LogP) is 3.23. The molecule has 0 spiro atoms. The van der Waals surface area contributed by atoms with Gasteiger partial charge in [0, 0.05) is 31.2 Å². The lowest BCUT2D eigenvalue weighted by Crippen LogP contribution is -2.19. The van der Waals surface area contributed by atoms with E-state index in [2.05, 4.69) is 33.3 Å². The lowest BCUT2D eigenvalue weighted by Gasteiger charge is -2.12. The second-order valence-electron chi connectivity index (χ2n) is 7.14. The molecule has 0 aliphatic carbocycles. The summed E-state index contributed by atoms with van der Waals surface area (Å²) in [6.45, 7) is 0.680. The minimum atomic E-state index is -0.334. The zero-order chi connectivity index (χ0) is 20.2. The summed E-state index contributed by atoms with van der Waals surface area (Å²) in [6, 6.07) is 14.0. The van der Waals surface area contributed by atoms with E-state index in [0.717, 1.165) is 23.9 Å². The van der Waals surface area contributed by atoms with Crippen LogP contribution in [-0.4, -0.2) is 44.9 Å². The van der Waals surface area contributed by atoms with Crippen LogP contribution in [0.3, 0.4) is 0 Å². The number of carbonyl (C=O) groups is 1. The van der Waals surface area contributed by atoms with Gasteiger partial charge in [-0.25, -0.2) is 14.5 Å². The summed E-state index contributed by atoms with van der Waals surface area (Å²) < 4.78 is 1.81. The Balaban J connectivity index is 1.54. The average Bonchev–Trinajstić information content (AvgIpc) is 3.36. The number of hydroxylamine groups is 2. The summed E-state index contributed by atoms with van der Waals surface area (Å²) >= 11 is 0. The molecule has 29 heavy (non-hydrogen) atoms. The van der Waals surface area contributed by atoms with Gasteiger partial charge in [-0.15, -0.1) is 5.06 Å². The average molecular weight is 389 g/mol. The van der Waals surface area contributed by atoms with Gasteiger partial charge in [0.15, 0.2) is 0 Å². The van der Waals surface area contributed by atoms with Crippen LogP contribution in [0.15, 0.2) is 61.3 Å². The Hall–Kier alpha value is -3.45. The van der Waals surface area contributed by atoms with E-state index in [1.807, 2.05) is 30.5 Å². The summed E-state index contributed by atoms with van der Waals surface area (Å²) in [5, 5.41) is 6.78. The van der Waals surface area contributed by atoms with E-state index in [-0.39, 0.29) is 5.97 Å². The van der Waals surface area contributed by atoms with Gasteiger partial charge in [-0.3, -0.25) is 0 Å². The Labute approximate surface area is 168 Å². The second-order valence-corrected chi connectivity index (χ2v) is 7.14. The lowest BCUT2D eigenvalue weighted by molar-refractivity contribution is -0.0714. The number of nitrogens with zero attached hydrogens (tertiary/aromatic N) is 4. The number of aromatic amines is 1. The van der Waals surface area contributed by atoms with Crippen molar-refractivity contribution in [1.82, 2.24) is 24.8 Å². The van der Waals surface area contributed by atoms with E-state index in [1.165, 1.54) is 21.6 Å². The molecule has 0 radical (unpaired) electrons. The zero-order valence-electron chi connectivity index (χ0n) is 16.5. The molecule has 1 N–H and O–H groups in total. The van der Waals surface area contributed by atoms with Gasteiger partial charge < -0.3 is 9.82 Å². The van der Waals surface area contributed by atoms with E-state index >= 15 is 0 Å². The molecule has 0 saturated heterocycles. The number of aryl methyl sites for hydroxylation is 2. The third kappa shape index (κ3) is 4.35. The fraction of sp³-hybridized carbons (Fsp3) is 0.227. The van der Waals surface area contributed by atoms with E-state index < -0.39 is 0 Å². The zero-order valence-corrected chi connectivity index (χ0v) is 16.5. The maximum atomic E-state index is 12.4. The van der Waals surface area contributed by atoms with Gasteiger partial charge in [-0.2, -0.15) is 5.10 Å². The highest BCUT2D eigenvalue weighted by Crippen LogP contribution is 2.23. The lowest BCUT2D eigenvalue weighted by atomic mass is 9.99. The molecule has 2 aromatic heterocycles. The Kier molecular flexibility index (Phi) is 5.39. The van der Waals surface area contributed by atoms with Gasteiger partial charge in [0.1, 0.15) is 12.7 Å². The highest BCUT2D eigenvalue weighted by Gasteiger charge is 2.14. The van der Waals surface area contributed by atoms with Gasteiger partial charge in [0.2, 0.25) is 0 Å². The quantitative estimate of drug-likeness (QED) is 0.491. The molecular formula is C22H23N5O2. The summed E-state index contributed by atoms with van der Waals surface area (Å²) in [5.41, 5.74) is 5.07. The molecule has 0 aliphatic rings. The van der Waals surface area contributed by atoms with Crippen molar-refractivity contribution in [1.29, 1.82) is 0 Å². The molecule has 0 amide bonds. The minimum Gasteiger partial charge on any atom is -0.364 e. The highest BCUT2D eigenvalue weighted by atomic mass is 16.7. The molecule has 0 aliphatic heterocycles. The molecular weight excluding hydrogens is 366 g/mol. The first kappa shape index (κ1) is 18.9. The van der Waals surface area contributed by atoms with Crippen molar-refractivity contribution in [3.63, 3.8) is 0 Å². The molecule has 4 rings (SSSR count). The van der Waals surface area contributed by atoms with Crippen LogP contribution in [0, 0.1) is 0 Å². The first-order chi connectivity index (χ1) is 14.1. The summed E-state index contributed by atoms with van der Waals surface area (Å²) in [6.07, 6.45) is 6.87. The number of nitrogens with one attached hydrogen (secondary N) is 1. The van der Waals surface area contributed by atoms with Crippen molar-refractivity contribution in [2.75, 3.05) is 14.1 Å². The van der Waals surface area contributed by atoms with Crippen molar-refractivity contribution >= 4 is 16.9 Å². The molecule has 2 heterocycles. The third-order valence-corrected chi connectivity index (χ3v) is 4.81. The van der Waals surface area contributed by atoms with Gasteiger partial charge in [-0.05, 0) is 47.7 Å². The molecule has 0 fully saturated rings. The normalized spacial score (nSPS) is 11.3. The van der Waals surface area contributed by atoms with Gasteiger partial charge in [0.25, 0.3) is 0 Å². The van der Waals surface area contributed by atoms with Crippen molar-refractivity contribution in [3.05, 3.63) is 83.6 Å². The molecule has 4 aromatic rings. The van der Waals surface area contributed by atoms with Crippen LogP contribution in [0.1, 0.15) is 27.0 Å². The number of benzene rings is 2. The number of hydrogen-bond donors (Lipinski definition) is 1. The van der Waals surface area contributed by atoms with Crippen LogP contribution in [0.4, 0.5) is 0 Å². The van der Waals surface area contributed by atoms with E-state index in [4.69, 9.17) is 4.84 Å². The largest absolute Gasteiger partial charge is 0.364 e. The number of fused-ring (bicyclic) bond motifs is 1. The fourth-order valence-corrected chi connectivity index (χ4v) is 3.45. The Bertz CT molecular complexity index is 1120. The monoisotopic (exact) mass is 389 g/mol. The molecule has 0 bridgehead atoms. The Morgan fingerprint density at radius 3 is 2.76 bits per heavy atom. The standard InChI is InChI=1S/C22H23N5O2/c1-26(2)29-22(28)19-6-4-3-5-17(19)8-9-18-12-24-21-10-7-16(11-20(18)21)13-27-15-23-14-25-27/h3-7,10-12,14-15,24H,8-9,13H2,1-2H3. The SMILES string of the molecule is CN(C)OC(=O)c1ccccc1CCc1c[nH]c2ccc(Cn3cncn3)cc12. The maximum Gasteiger partial charge on any atom is 0.357 e. The third-order valence-electron chi connectivity index (χ3n) is 4.81. The first-order valence-corrected chi connectivity index (χ1v) is 9.49. The van der Waals surface area contributed by atoms with Gasteiger partial charge >= 0.3 is 5.97 Å². The van der Waals surface area contributed by atoms with Gasteiger partial charge in [-0.1, -0.05) is 24.3 Å². The first-order valence-electron chi connectivity index (χ1n) is 9.49. The summed E-state index contributed by atoms with van der Waals surface area (Å²) in [5.74, 6) is -0.334. The van der Waals surface area contributed by atoms with Crippen LogP contribution < -0.4 is 0 Å². The van der Waals surface area contributed by atoms with Crippen LogP contribution >= 0.6 is 0 Å². The number of carbonyl (C=O) groups excluding carboxylic acids is 1. The molecule has 148 valence electrons. The van der Waals surface area contributed by atoms with Crippen molar-refractivity contribution in [2.24, 2.45) is 0 Å². The molecule has 0 atom stereocenters. The number of aromatic nitrogens is 4. The fourth-order valence-electron chi connectivity index (χ4n) is 3.45. The molecule has 7 heteroatoms. The topological polar surface area (TPSA) is 76.0 Å². The Morgan fingerprint density at radius 2 is 1.97 bits per heavy atom. The van der Waals surface area contributed by atoms with Crippen molar-refractivity contribution < 1.29 is 9.63 Å². The second kappa shape index (κ2) is 8.28. The predicted molar refractivity (Wildman–Crippen MR) is 110 cm³/mol. The summed E-state index contributed by atoms with van der Waals surface area (Å²) in [7, 11) is 3.40. The maximum absolute atomic E-state index is 12.4. The molecule has 7 nitrogen and oxygen atoms in total. The van der Waals surface area contributed by atoms with Crippen molar-refractivity contribution in [3.8, 4) is 0 Å². The number of H-pyrrole nitrogens is 1. The number of rotatable bonds is 7. The van der Waals surface area contributed by atoms with Crippen LogP contribution in [0.25, 0.3) is 10.9 Å². The van der Waals surface area contributed by atoms with Crippen LogP contribution in [0.2, 0.25) is 0 Å². The van der Waals surface area contributed by atoms with Crippen molar-refractivity contribution in [2.45, 2.75) is 19.4 Å². The molecule has 2 aromatic carbocycles. The van der Waals surface area contributed by atoms with Crippen LogP contribution in [-0.2, 0) is 24.2 Å². The van der Waals surface area contributed by atoms with Gasteiger partial charge in [0.05, 0.1) is 12.1 Å². The number of hydrogen-bond acceptors (Lipinski definition) is 5. The smallest absolute Gasteiger partial charge is 0.357 e. The minimum absolute atomic E-state index is 0.334. The van der Waals surface area contributed by atoms with E-state index in [1.54, 1.807) is 31.4 Å². The van der Waals surface area contributed by atoms with Crippen LogP contribution in [0.5, 0.6) is 0 Å². The molecule has 0 saturated carbocycles.